The molecule has 4 aromatic rings. The molecule has 1 amide bonds. The Labute approximate surface area is 233 Å². The summed E-state index contributed by atoms with van der Waals surface area (Å²) in [6.45, 7) is 4.62. The third kappa shape index (κ3) is 5.03. The molecule has 1 fully saturated rings. The second kappa shape index (κ2) is 11.0. The molecule has 200 valence electrons. The minimum atomic E-state index is -1.03. The zero-order valence-electron chi connectivity index (χ0n) is 21.2. The number of fused-ring (bicyclic) bond motifs is 1. The minimum Gasteiger partial charge on any atom is -0.507 e. The average Bonchev–Trinajstić information content (AvgIpc) is 3.46. The molecule has 8 nitrogen and oxygen atoms in total. The number of thiazole rings is 1. The van der Waals surface area contributed by atoms with Gasteiger partial charge in [0.05, 0.1) is 35.0 Å². The highest BCUT2D eigenvalue weighted by molar-refractivity contribution is 7.22. The Morgan fingerprint density at radius 2 is 1.82 bits per heavy atom. The number of carbonyl (C=O) groups is 2. The molecule has 3 aromatic carbocycles. The van der Waals surface area contributed by atoms with Gasteiger partial charge in [-0.1, -0.05) is 35.9 Å². The van der Waals surface area contributed by atoms with Crippen LogP contribution in [0.1, 0.15) is 37.4 Å². The van der Waals surface area contributed by atoms with Crippen molar-refractivity contribution in [2.75, 3.05) is 18.1 Å². The van der Waals surface area contributed by atoms with Gasteiger partial charge in [0.25, 0.3) is 5.78 Å². The number of Topliss-reactive ketones (excluding diaryl/α,β-unsaturated/α-hetero) is 1. The van der Waals surface area contributed by atoms with Crippen LogP contribution in [0, 0.1) is 0 Å². The van der Waals surface area contributed by atoms with Gasteiger partial charge in [-0.15, -0.1) is 0 Å². The number of rotatable bonds is 8. The number of aliphatic hydroxyl groups excluding tert-OH is 1. The van der Waals surface area contributed by atoms with E-state index in [1.54, 1.807) is 61.5 Å². The van der Waals surface area contributed by atoms with Crippen molar-refractivity contribution in [2.24, 2.45) is 0 Å². The van der Waals surface area contributed by atoms with E-state index in [2.05, 4.69) is 4.98 Å². The molecule has 39 heavy (non-hydrogen) atoms. The van der Waals surface area contributed by atoms with Gasteiger partial charge in [-0.05, 0) is 73.5 Å². The largest absolute Gasteiger partial charge is 0.507 e. The van der Waals surface area contributed by atoms with Crippen LogP contribution >= 0.6 is 22.9 Å². The van der Waals surface area contributed by atoms with Gasteiger partial charge in [-0.25, -0.2) is 4.98 Å². The summed E-state index contributed by atoms with van der Waals surface area (Å²) in [5, 5.41) is 22.5. The Morgan fingerprint density at radius 1 is 1.05 bits per heavy atom. The van der Waals surface area contributed by atoms with Crippen molar-refractivity contribution >= 4 is 55.7 Å². The molecule has 1 aliphatic rings. The Bertz CT molecular complexity index is 1600. The lowest BCUT2D eigenvalue weighted by atomic mass is 9.95. The maximum Gasteiger partial charge on any atom is 0.301 e. The number of hydrogen-bond acceptors (Lipinski definition) is 8. The van der Waals surface area contributed by atoms with Gasteiger partial charge in [0.15, 0.2) is 16.6 Å². The lowest BCUT2D eigenvalue weighted by Crippen LogP contribution is -2.29. The van der Waals surface area contributed by atoms with Crippen molar-refractivity contribution in [1.29, 1.82) is 0 Å². The Balaban J connectivity index is 1.67. The smallest absolute Gasteiger partial charge is 0.301 e. The maximum atomic E-state index is 13.5. The van der Waals surface area contributed by atoms with Gasteiger partial charge in [-0.3, -0.25) is 14.5 Å². The van der Waals surface area contributed by atoms with Crippen LogP contribution < -0.4 is 14.4 Å². The molecule has 0 bridgehead atoms. The lowest BCUT2D eigenvalue weighted by Gasteiger charge is -2.23. The van der Waals surface area contributed by atoms with Crippen molar-refractivity contribution in [3.8, 4) is 17.2 Å². The monoisotopic (exact) mass is 564 g/mol. The first kappa shape index (κ1) is 26.5. The normalized spacial score (nSPS) is 16.7. The van der Waals surface area contributed by atoms with E-state index in [0.29, 0.717) is 40.6 Å². The number of aliphatic hydroxyl groups is 1. The highest BCUT2D eigenvalue weighted by Crippen LogP contribution is 2.46. The summed E-state index contributed by atoms with van der Waals surface area (Å²) in [7, 11) is 0. The zero-order valence-corrected chi connectivity index (χ0v) is 22.8. The van der Waals surface area contributed by atoms with Crippen molar-refractivity contribution in [3.63, 3.8) is 0 Å². The highest BCUT2D eigenvalue weighted by Gasteiger charge is 2.48. The summed E-state index contributed by atoms with van der Waals surface area (Å²) in [6, 6.07) is 15.4. The van der Waals surface area contributed by atoms with Crippen molar-refractivity contribution < 1.29 is 29.3 Å². The number of hydrogen-bond donors (Lipinski definition) is 2. The molecule has 1 saturated heterocycles. The summed E-state index contributed by atoms with van der Waals surface area (Å²) in [6.07, 6.45) is 0.847. The fourth-order valence-corrected chi connectivity index (χ4v) is 5.66. The number of ketones is 1. The van der Waals surface area contributed by atoms with Gasteiger partial charge < -0.3 is 19.7 Å². The molecule has 0 saturated carbocycles. The van der Waals surface area contributed by atoms with Gasteiger partial charge in [0.2, 0.25) is 0 Å². The van der Waals surface area contributed by atoms with E-state index in [1.165, 1.54) is 22.3 Å². The van der Waals surface area contributed by atoms with Crippen LogP contribution in [-0.2, 0) is 9.59 Å². The molecule has 1 aromatic heterocycles. The van der Waals surface area contributed by atoms with E-state index in [0.717, 1.165) is 11.1 Å². The third-order valence-corrected chi connectivity index (χ3v) is 7.44. The van der Waals surface area contributed by atoms with Crippen LogP contribution in [0.5, 0.6) is 17.2 Å². The van der Waals surface area contributed by atoms with E-state index in [1.807, 2.05) is 6.92 Å². The van der Waals surface area contributed by atoms with E-state index in [4.69, 9.17) is 21.1 Å². The fourth-order valence-electron chi connectivity index (χ4n) is 4.39. The van der Waals surface area contributed by atoms with Crippen molar-refractivity contribution in [2.45, 2.75) is 26.3 Å². The summed E-state index contributed by atoms with van der Waals surface area (Å²) in [5.74, 6) is -1.30. The van der Waals surface area contributed by atoms with Crippen LogP contribution in [0.4, 0.5) is 5.13 Å². The van der Waals surface area contributed by atoms with E-state index in [9.17, 15) is 19.8 Å². The second-order valence-corrected chi connectivity index (χ2v) is 10.3. The SMILES string of the molecule is CCCOc1ccc(C(O)=C2C(=O)C(=O)N(c3nc4ccc(Cl)cc4s3)C2c2ccc(O)c(OCC)c2)cc1. The van der Waals surface area contributed by atoms with Crippen molar-refractivity contribution in [3.05, 3.63) is 82.4 Å². The summed E-state index contributed by atoms with van der Waals surface area (Å²) >= 11 is 7.36. The lowest BCUT2D eigenvalue weighted by molar-refractivity contribution is -0.132. The quantitative estimate of drug-likeness (QED) is 0.143. The van der Waals surface area contributed by atoms with Crippen LogP contribution in [0.2, 0.25) is 5.02 Å². The number of ether oxygens (including phenoxy) is 2. The first-order chi connectivity index (χ1) is 18.8. The van der Waals surface area contributed by atoms with Crippen LogP contribution in [0.15, 0.2) is 66.2 Å². The second-order valence-electron chi connectivity index (χ2n) is 8.81. The molecular weight excluding hydrogens is 540 g/mol. The number of aromatic nitrogens is 1. The summed E-state index contributed by atoms with van der Waals surface area (Å²) < 4.78 is 11.9. The molecule has 2 heterocycles. The van der Waals surface area contributed by atoms with Gasteiger partial charge >= 0.3 is 5.91 Å². The summed E-state index contributed by atoms with van der Waals surface area (Å²) in [5.41, 5.74) is 1.31. The molecule has 5 rings (SSSR count). The van der Waals surface area contributed by atoms with Crippen LogP contribution in [0.25, 0.3) is 16.0 Å². The molecule has 1 aliphatic heterocycles. The molecule has 1 unspecified atom stereocenters. The number of aromatic hydroxyl groups is 1. The van der Waals surface area contributed by atoms with Crippen molar-refractivity contribution in [1.82, 2.24) is 4.98 Å². The summed E-state index contributed by atoms with van der Waals surface area (Å²) in [4.78, 5) is 32.8. The molecular formula is C29H25ClN2O6S. The number of halogens is 1. The molecule has 1 atom stereocenters. The predicted molar refractivity (Wildman–Crippen MR) is 151 cm³/mol. The standard InChI is InChI=1S/C29H25ClN2O6S/c1-3-13-38-19-9-5-16(6-10-19)26(34)24-25(17-7-12-21(33)22(14-17)37-4-2)32(28(36)27(24)35)29-31-20-11-8-18(30)15-23(20)39-29/h5-12,14-15,25,33-34H,3-4,13H2,1-2H3. The molecule has 0 spiro atoms. The minimum absolute atomic E-state index is 0.0881. The Kier molecular flexibility index (Phi) is 7.45. The Hall–Kier alpha value is -4.08. The van der Waals surface area contributed by atoms with Gasteiger partial charge in [0, 0.05) is 10.6 Å². The molecule has 0 aliphatic carbocycles. The molecule has 10 heteroatoms. The number of phenols is 1. The number of phenolic OH excluding ortho intramolecular Hbond substituents is 1. The number of benzene rings is 3. The van der Waals surface area contributed by atoms with Gasteiger partial charge in [-0.2, -0.15) is 0 Å². The first-order valence-electron chi connectivity index (χ1n) is 12.4. The molecule has 0 radical (unpaired) electrons. The Morgan fingerprint density at radius 3 is 2.54 bits per heavy atom. The number of carbonyl (C=O) groups excluding carboxylic acids is 2. The molecule has 2 N–H and O–H groups in total. The van der Waals surface area contributed by atoms with Crippen LogP contribution in [0.3, 0.4) is 0 Å². The highest BCUT2D eigenvalue weighted by atomic mass is 35.5. The van der Waals surface area contributed by atoms with Crippen LogP contribution in [-0.4, -0.2) is 40.1 Å². The van der Waals surface area contributed by atoms with E-state index in [-0.39, 0.29) is 28.0 Å². The average molecular weight is 565 g/mol. The number of anilines is 1. The van der Waals surface area contributed by atoms with E-state index >= 15 is 0 Å². The topological polar surface area (TPSA) is 109 Å². The van der Waals surface area contributed by atoms with Gasteiger partial charge in [0.1, 0.15) is 11.5 Å². The predicted octanol–water partition coefficient (Wildman–Crippen LogP) is 6.47. The third-order valence-electron chi connectivity index (χ3n) is 6.19. The van der Waals surface area contributed by atoms with E-state index < -0.39 is 17.7 Å². The first-order valence-corrected chi connectivity index (χ1v) is 13.6. The maximum absolute atomic E-state index is 13.5. The number of amides is 1. The number of nitrogens with zero attached hydrogens (tertiary/aromatic N) is 2. The zero-order chi connectivity index (χ0) is 27.7. The fraction of sp³-hybridized carbons (Fsp3) is 0.207.